The van der Waals surface area contributed by atoms with Crippen LogP contribution < -0.4 is 20.1 Å². The van der Waals surface area contributed by atoms with Gasteiger partial charge in [0.15, 0.2) is 5.75 Å². The van der Waals surface area contributed by atoms with Crippen molar-refractivity contribution in [2.45, 2.75) is 25.3 Å². The number of carbonyl (C=O) groups excluding carboxylic acids is 1. The number of carbonyl (C=O) groups is 1. The van der Waals surface area contributed by atoms with Crippen LogP contribution in [0.5, 0.6) is 11.5 Å². The Balaban J connectivity index is 1.53. The van der Waals surface area contributed by atoms with Gasteiger partial charge >= 0.3 is 12.4 Å². The van der Waals surface area contributed by atoms with Crippen LogP contribution in [0.25, 0.3) is 11.3 Å². The number of nitrogens with one attached hydrogen (secondary N) is 2. The van der Waals surface area contributed by atoms with Gasteiger partial charge in [-0.1, -0.05) is 12.1 Å². The van der Waals surface area contributed by atoms with E-state index in [4.69, 9.17) is 4.74 Å². The highest BCUT2D eigenvalue weighted by molar-refractivity contribution is 6.01. The first-order chi connectivity index (χ1) is 16.7. The number of nitrogens with zero attached hydrogens (tertiary/aromatic N) is 3. The molecular weight excluding hydrogens is 463 g/mol. The van der Waals surface area contributed by atoms with Gasteiger partial charge in [0.2, 0.25) is 0 Å². The number of piperidine rings is 1. The third kappa shape index (κ3) is 6.44. The lowest BCUT2D eigenvalue weighted by Crippen LogP contribution is -2.35. The second-order valence-corrected chi connectivity index (χ2v) is 8.29. The van der Waals surface area contributed by atoms with Crippen LogP contribution in [0.2, 0.25) is 0 Å². The molecule has 2 aromatic carbocycles. The Morgan fingerprint density at radius 1 is 1.03 bits per heavy atom. The maximum Gasteiger partial charge on any atom is 0.573 e. The van der Waals surface area contributed by atoms with Gasteiger partial charge in [0, 0.05) is 37.6 Å². The highest BCUT2D eigenvalue weighted by Crippen LogP contribution is 2.35. The van der Waals surface area contributed by atoms with E-state index in [9.17, 15) is 18.0 Å². The predicted molar refractivity (Wildman–Crippen MR) is 126 cm³/mol. The quantitative estimate of drug-likeness (QED) is 0.504. The van der Waals surface area contributed by atoms with Gasteiger partial charge in [-0.25, -0.2) is 4.79 Å². The maximum absolute atomic E-state index is 12.7. The van der Waals surface area contributed by atoms with Gasteiger partial charge in [-0.3, -0.25) is 4.68 Å². The lowest BCUT2D eigenvalue weighted by Gasteiger charge is -2.30. The molecule has 1 fully saturated rings. The van der Waals surface area contributed by atoms with Gasteiger partial charge in [-0.15, -0.1) is 13.2 Å². The zero-order valence-corrected chi connectivity index (χ0v) is 19.3. The lowest BCUT2D eigenvalue weighted by molar-refractivity contribution is -0.274. The molecule has 0 unspecified atom stereocenters. The Labute approximate surface area is 200 Å². The molecule has 1 saturated heterocycles. The predicted octanol–water partition coefficient (Wildman–Crippen LogP) is 5.10. The number of alkyl halides is 3. The molecule has 0 bridgehead atoms. The van der Waals surface area contributed by atoms with Crippen molar-refractivity contribution in [2.24, 2.45) is 7.05 Å². The molecule has 0 radical (unpaired) electrons. The van der Waals surface area contributed by atoms with Crippen molar-refractivity contribution in [2.75, 3.05) is 30.8 Å². The van der Waals surface area contributed by atoms with Crippen molar-refractivity contribution in [3.05, 3.63) is 54.7 Å². The molecule has 1 aliphatic rings. The summed E-state index contributed by atoms with van der Waals surface area (Å²) in [6.07, 6.45) is -1.33. The summed E-state index contributed by atoms with van der Waals surface area (Å²) in [6, 6.07) is 11.6. The summed E-state index contributed by atoms with van der Waals surface area (Å²) < 4.78 is 50.0. The van der Waals surface area contributed by atoms with Crippen LogP contribution in [0, 0.1) is 0 Å². The van der Waals surface area contributed by atoms with E-state index in [-0.39, 0.29) is 11.8 Å². The van der Waals surface area contributed by atoms with E-state index >= 15 is 0 Å². The number of para-hydroxylation sites is 2. The molecule has 0 saturated carbocycles. The van der Waals surface area contributed by atoms with Gasteiger partial charge in [-0.2, -0.15) is 5.10 Å². The molecule has 2 N–H and O–H groups in total. The summed E-state index contributed by atoms with van der Waals surface area (Å²) in [7, 11) is 3.88. The second-order valence-electron chi connectivity index (χ2n) is 8.29. The molecule has 2 amide bonds. The number of hydrogen-bond acceptors (Lipinski definition) is 5. The zero-order chi connectivity index (χ0) is 25.0. The highest BCUT2D eigenvalue weighted by atomic mass is 19.4. The fraction of sp³-hybridized carbons (Fsp3) is 0.333. The van der Waals surface area contributed by atoms with Crippen LogP contribution in [0.15, 0.2) is 54.7 Å². The first kappa shape index (κ1) is 24.4. The Morgan fingerprint density at radius 3 is 2.46 bits per heavy atom. The number of ether oxygens (including phenoxy) is 2. The number of amides is 2. The van der Waals surface area contributed by atoms with Crippen LogP contribution >= 0.6 is 0 Å². The largest absolute Gasteiger partial charge is 0.573 e. The smallest absolute Gasteiger partial charge is 0.490 e. The molecule has 8 nitrogen and oxygen atoms in total. The molecule has 35 heavy (non-hydrogen) atoms. The molecule has 0 atom stereocenters. The van der Waals surface area contributed by atoms with Crippen LogP contribution in [0.4, 0.5) is 29.3 Å². The monoisotopic (exact) mass is 489 g/mol. The summed E-state index contributed by atoms with van der Waals surface area (Å²) in [5.41, 5.74) is 1.85. The van der Waals surface area contributed by atoms with E-state index in [1.54, 1.807) is 36.1 Å². The Kier molecular flexibility index (Phi) is 7.15. The summed E-state index contributed by atoms with van der Waals surface area (Å²) in [5, 5.41) is 9.29. The molecule has 1 aliphatic heterocycles. The number of aryl methyl sites for hydroxylation is 1. The summed E-state index contributed by atoms with van der Waals surface area (Å²) in [4.78, 5) is 14.8. The maximum atomic E-state index is 12.7. The van der Waals surface area contributed by atoms with E-state index in [0.29, 0.717) is 11.4 Å². The minimum Gasteiger partial charge on any atom is -0.490 e. The molecule has 11 heteroatoms. The molecule has 4 rings (SSSR count). The first-order valence-corrected chi connectivity index (χ1v) is 11.1. The van der Waals surface area contributed by atoms with E-state index < -0.39 is 18.1 Å². The normalized spacial score (nSPS) is 15.0. The van der Waals surface area contributed by atoms with Crippen LogP contribution in [-0.4, -0.2) is 53.3 Å². The molecule has 2 heterocycles. The second kappa shape index (κ2) is 10.3. The van der Waals surface area contributed by atoms with Crippen molar-refractivity contribution >= 4 is 17.4 Å². The number of rotatable bonds is 6. The third-order valence-electron chi connectivity index (χ3n) is 5.65. The van der Waals surface area contributed by atoms with E-state index in [2.05, 4.69) is 32.4 Å². The number of likely N-dealkylation sites (tertiary alicyclic amines) is 1. The third-order valence-corrected chi connectivity index (χ3v) is 5.65. The highest BCUT2D eigenvalue weighted by Gasteiger charge is 2.32. The van der Waals surface area contributed by atoms with Gasteiger partial charge in [0.25, 0.3) is 0 Å². The minimum absolute atomic E-state index is 0.0745. The number of aromatic nitrogens is 2. The van der Waals surface area contributed by atoms with Crippen molar-refractivity contribution in [1.29, 1.82) is 0 Å². The Bertz CT molecular complexity index is 1170. The summed E-state index contributed by atoms with van der Waals surface area (Å²) in [5.74, 6) is 0.158. The Morgan fingerprint density at radius 2 is 1.77 bits per heavy atom. The van der Waals surface area contributed by atoms with E-state index in [1.165, 1.54) is 18.2 Å². The zero-order valence-electron chi connectivity index (χ0n) is 19.3. The number of hydrogen-bond donors (Lipinski definition) is 2. The fourth-order valence-corrected chi connectivity index (χ4v) is 3.90. The number of benzene rings is 2. The molecule has 186 valence electrons. The average molecular weight is 489 g/mol. The fourth-order valence-electron chi connectivity index (χ4n) is 3.90. The SMILES string of the molecule is CN1CCC(Oc2ccc(NC(=O)Nc3ccccc3OC(F)(F)F)cc2-c2ccnn2C)CC1. The van der Waals surface area contributed by atoms with Crippen molar-refractivity contribution < 1.29 is 27.4 Å². The molecule has 3 aromatic rings. The van der Waals surface area contributed by atoms with Crippen molar-refractivity contribution in [1.82, 2.24) is 14.7 Å². The number of urea groups is 1. The standard InChI is InChI=1S/C24H26F3N5O3/c1-31-13-10-17(11-14-31)34-21-8-7-16(15-18(21)20-9-12-28-32(20)2)29-23(33)30-19-5-3-4-6-22(19)35-24(25,26)27/h3-9,12,15,17H,10-11,13-14H2,1-2H3,(H2,29,30,33). The van der Waals surface area contributed by atoms with Crippen LogP contribution in [-0.2, 0) is 7.05 Å². The molecule has 0 spiro atoms. The number of anilines is 2. The molecular formula is C24H26F3N5O3. The van der Waals surface area contributed by atoms with Gasteiger partial charge in [0.05, 0.1) is 11.4 Å². The molecule has 0 aliphatic carbocycles. The lowest BCUT2D eigenvalue weighted by atomic mass is 10.1. The molecule has 1 aromatic heterocycles. The van der Waals surface area contributed by atoms with Crippen LogP contribution in [0.3, 0.4) is 0 Å². The van der Waals surface area contributed by atoms with Crippen molar-refractivity contribution in [3.8, 4) is 22.8 Å². The van der Waals surface area contributed by atoms with Crippen molar-refractivity contribution in [3.63, 3.8) is 0 Å². The minimum atomic E-state index is -4.88. The summed E-state index contributed by atoms with van der Waals surface area (Å²) in [6.45, 7) is 1.90. The number of halogens is 3. The van der Waals surface area contributed by atoms with Crippen LogP contribution in [0.1, 0.15) is 12.8 Å². The Hall–Kier alpha value is -3.73. The van der Waals surface area contributed by atoms with Gasteiger partial charge < -0.3 is 25.0 Å². The summed E-state index contributed by atoms with van der Waals surface area (Å²) >= 11 is 0. The van der Waals surface area contributed by atoms with Gasteiger partial charge in [0.1, 0.15) is 11.9 Å². The van der Waals surface area contributed by atoms with Gasteiger partial charge in [-0.05, 0) is 56.3 Å². The van der Waals surface area contributed by atoms with E-state index in [0.717, 1.165) is 43.3 Å². The topological polar surface area (TPSA) is 80.7 Å². The average Bonchev–Trinajstić information content (AvgIpc) is 3.22. The first-order valence-electron chi connectivity index (χ1n) is 11.1. The van der Waals surface area contributed by atoms with E-state index in [1.807, 2.05) is 6.07 Å².